The molecular weight excluding hydrogens is 321 g/mol. The molecule has 0 radical (unpaired) electrons. The minimum atomic E-state index is -2.37. The van der Waals surface area contributed by atoms with Gasteiger partial charge in [0.15, 0.2) is 0 Å². The van der Waals surface area contributed by atoms with Crippen molar-refractivity contribution in [2.45, 2.75) is 26.7 Å². The SMILES string of the molecule is Cc1cc(CCO)c(-c2cc(CCO[P+](=O)OON)c(C)[nH]2)[nH]1. The minimum Gasteiger partial charge on any atom is -0.396 e. The van der Waals surface area contributed by atoms with Gasteiger partial charge >= 0.3 is 8.25 Å². The molecule has 23 heavy (non-hydrogen) atoms. The lowest BCUT2D eigenvalue weighted by atomic mass is 10.1. The van der Waals surface area contributed by atoms with E-state index in [0.717, 1.165) is 33.9 Å². The molecule has 2 heterocycles. The Labute approximate surface area is 134 Å². The second-order valence-electron chi connectivity index (χ2n) is 5.14. The summed E-state index contributed by atoms with van der Waals surface area (Å²) < 4.78 is 20.2. The molecule has 0 bridgehead atoms. The molecule has 0 amide bonds. The number of aryl methyl sites for hydroxylation is 2. The van der Waals surface area contributed by atoms with E-state index >= 15 is 0 Å². The van der Waals surface area contributed by atoms with E-state index in [1.165, 1.54) is 0 Å². The molecule has 2 aromatic heterocycles. The van der Waals surface area contributed by atoms with Crippen molar-refractivity contribution in [3.63, 3.8) is 0 Å². The molecule has 0 aromatic carbocycles. The summed E-state index contributed by atoms with van der Waals surface area (Å²) in [7, 11) is -2.37. The molecular formula is C14H21N3O5P+. The minimum absolute atomic E-state index is 0.0982. The van der Waals surface area contributed by atoms with Crippen molar-refractivity contribution in [3.05, 3.63) is 34.6 Å². The Hall–Kier alpha value is -1.54. The molecule has 2 aromatic rings. The van der Waals surface area contributed by atoms with E-state index in [9.17, 15) is 9.67 Å². The summed E-state index contributed by atoms with van der Waals surface area (Å²) in [5, 5.41) is 9.17. The number of hydrogen-bond acceptors (Lipinski definition) is 6. The predicted molar refractivity (Wildman–Crippen MR) is 84.5 cm³/mol. The van der Waals surface area contributed by atoms with Crippen LogP contribution in [0.15, 0.2) is 12.1 Å². The van der Waals surface area contributed by atoms with Gasteiger partial charge in [-0.15, -0.1) is 4.52 Å². The van der Waals surface area contributed by atoms with E-state index in [2.05, 4.69) is 25.5 Å². The van der Waals surface area contributed by atoms with Crippen LogP contribution in [0.4, 0.5) is 0 Å². The average Bonchev–Trinajstić information content (AvgIpc) is 3.03. The van der Waals surface area contributed by atoms with Gasteiger partial charge in [-0.05, 0) is 43.5 Å². The first-order chi connectivity index (χ1) is 11.0. The Morgan fingerprint density at radius 3 is 2.70 bits per heavy atom. The van der Waals surface area contributed by atoms with Gasteiger partial charge in [-0.1, -0.05) is 4.99 Å². The fourth-order valence-electron chi connectivity index (χ4n) is 2.49. The largest absolute Gasteiger partial charge is 0.730 e. The molecule has 5 N–H and O–H groups in total. The summed E-state index contributed by atoms with van der Waals surface area (Å²) in [4.78, 5) is 10.4. The fraction of sp³-hybridized carbons (Fsp3) is 0.429. The first kappa shape index (κ1) is 17.8. The lowest BCUT2D eigenvalue weighted by molar-refractivity contribution is -0.214. The molecule has 0 spiro atoms. The van der Waals surface area contributed by atoms with Gasteiger partial charge in [0.05, 0.1) is 16.1 Å². The first-order valence-corrected chi connectivity index (χ1v) is 8.26. The van der Waals surface area contributed by atoms with Crippen LogP contribution in [0.5, 0.6) is 0 Å². The molecule has 1 unspecified atom stereocenters. The monoisotopic (exact) mass is 342 g/mol. The third kappa shape index (κ3) is 4.71. The van der Waals surface area contributed by atoms with Crippen LogP contribution in [-0.4, -0.2) is 28.3 Å². The Morgan fingerprint density at radius 1 is 1.22 bits per heavy atom. The number of rotatable bonds is 9. The van der Waals surface area contributed by atoms with E-state index < -0.39 is 8.25 Å². The zero-order valence-corrected chi connectivity index (χ0v) is 14.0. The maximum atomic E-state index is 11.1. The number of aliphatic hydroxyl groups is 1. The van der Waals surface area contributed by atoms with Crippen LogP contribution in [0.1, 0.15) is 22.5 Å². The van der Waals surface area contributed by atoms with Crippen molar-refractivity contribution in [1.29, 1.82) is 0 Å². The summed E-state index contributed by atoms with van der Waals surface area (Å²) in [5.74, 6) is 4.63. The van der Waals surface area contributed by atoms with Crippen LogP contribution in [0.3, 0.4) is 0 Å². The van der Waals surface area contributed by atoms with Crippen LogP contribution >= 0.6 is 8.25 Å². The van der Waals surface area contributed by atoms with Crippen molar-refractivity contribution >= 4 is 8.25 Å². The molecule has 9 heteroatoms. The predicted octanol–water partition coefficient (Wildman–Crippen LogP) is 2.20. The lowest BCUT2D eigenvalue weighted by Crippen LogP contribution is -1.98. The van der Waals surface area contributed by atoms with E-state index in [4.69, 9.17) is 4.52 Å². The van der Waals surface area contributed by atoms with Gasteiger partial charge in [0, 0.05) is 29.0 Å². The van der Waals surface area contributed by atoms with Crippen molar-refractivity contribution in [1.82, 2.24) is 9.97 Å². The van der Waals surface area contributed by atoms with Gasteiger partial charge in [0.1, 0.15) is 6.61 Å². The van der Waals surface area contributed by atoms with E-state index in [1.54, 1.807) is 0 Å². The number of hydrogen-bond donors (Lipinski definition) is 4. The molecule has 0 saturated heterocycles. The molecule has 8 nitrogen and oxygen atoms in total. The van der Waals surface area contributed by atoms with Crippen molar-refractivity contribution in [2.75, 3.05) is 13.2 Å². The first-order valence-electron chi connectivity index (χ1n) is 7.17. The molecule has 0 saturated carbocycles. The van der Waals surface area contributed by atoms with Gasteiger partial charge < -0.3 is 15.1 Å². The standard InChI is InChI=1S/C14H21N3O5P/c1-9-7-12(3-5-18)14(16-9)13-8-11(10(2)17-13)4-6-20-23(19)22-21-15/h7-8,16-18H,3-6,15H2,1-2H3/q+1. The van der Waals surface area contributed by atoms with Crippen LogP contribution in [-0.2, 0) is 31.6 Å². The number of H-pyrrole nitrogens is 2. The summed E-state index contributed by atoms with van der Waals surface area (Å²) in [5.41, 5.74) is 6.05. The van der Waals surface area contributed by atoms with Gasteiger partial charge in [-0.25, -0.2) is 0 Å². The molecule has 0 aliphatic rings. The second kappa shape index (κ2) is 8.35. The highest BCUT2D eigenvalue weighted by atomic mass is 31.1. The second-order valence-corrected chi connectivity index (χ2v) is 5.99. The number of nitrogens with one attached hydrogen (secondary N) is 2. The highest BCUT2D eigenvalue weighted by Gasteiger charge is 2.22. The summed E-state index contributed by atoms with van der Waals surface area (Å²) in [6.45, 7) is 4.25. The summed E-state index contributed by atoms with van der Waals surface area (Å²) in [6, 6.07) is 4.04. The topological polar surface area (TPSA) is 123 Å². The molecule has 126 valence electrons. The summed E-state index contributed by atoms with van der Waals surface area (Å²) in [6.07, 6.45) is 1.15. The molecule has 2 rings (SSSR count). The van der Waals surface area contributed by atoms with Gasteiger partial charge in [-0.3, -0.25) is 0 Å². The number of aliphatic hydroxyl groups excluding tert-OH is 1. The third-order valence-corrected chi connectivity index (χ3v) is 4.08. The molecule has 0 aliphatic carbocycles. The fourth-order valence-corrected chi connectivity index (χ4v) is 2.84. The zero-order valence-electron chi connectivity index (χ0n) is 13.1. The Morgan fingerprint density at radius 2 is 2.00 bits per heavy atom. The van der Waals surface area contributed by atoms with Crippen molar-refractivity contribution < 1.29 is 23.9 Å². The van der Waals surface area contributed by atoms with Crippen LogP contribution in [0.25, 0.3) is 11.4 Å². The van der Waals surface area contributed by atoms with Crippen molar-refractivity contribution in [2.24, 2.45) is 5.90 Å². The zero-order chi connectivity index (χ0) is 16.8. The number of nitrogens with two attached hydrogens (primary N) is 1. The maximum absolute atomic E-state index is 11.1. The molecule has 0 aliphatic heterocycles. The third-order valence-electron chi connectivity index (χ3n) is 3.48. The van der Waals surface area contributed by atoms with Gasteiger partial charge in [0.25, 0.3) is 0 Å². The average molecular weight is 342 g/mol. The molecule has 0 fully saturated rings. The Bertz CT molecular complexity index is 667. The maximum Gasteiger partial charge on any atom is 0.730 e. The van der Waals surface area contributed by atoms with E-state index in [1.807, 2.05) is 26.0 Å². The Balaban J connectivity index is 2.07. The highest BCUT2D eigenvalue weighted by molar-refractivity contribution is 7.33. The van der Waals surface area contributed by atoms with Crippen molar-refractivity contribution in [3.8, 4) is 11.4 Å². The van der Waals surface area contributed by atoms with Gasteiger partial charge in [0.2, 0.25) is 0 Å². The molecule has 1 atom stereocenters. The van der Waals surface area contributed by atoms with Crippen LogP contribution in [0, 0.1) is 13.8 Å². The van der Waals surface area contributed by atoms with E-state index in [0.29, 0.717) is 12.8 Å². The van der Waals surface area contributed by atoms with Crippen LogP contribution in [0.2, 0.25) is 0 Å². The number of aromatic amines is 2. The Kier molecular flexibility index (Phi) is 6.47. The van der Waals surface area contributed by atoms with Gasteiger partial charge in [-0.2, -0.15) is 5.90 Å². The normalized spacial score (nSPS) is 11.9. The quantitative estimate of drug-likeness (QED) is 0.315. The smallest absolute Gasteiger partial charge is 0.396 e. The van der Waals surface area contributed by atoms with Crippen LogP contribution < -0.4 is 5.90 Å². The van der Waals surface area contributed by atoms with E-state index in [-0.39, 0.29) is 13.2 Å². The summed E-state index contributed by atoms with van der Waals surface area (Å²) >= 11 is 0. The number of aromatic nitrogens is 2. The lowest BCUT2D eigenvalue weighted by Gasteiger charge is -1.99. The highest BCUT2D eigenvalue weighted by Crippen LogP contribution is 2.27.